The van der Waals surface area contributed by atoms with Crippen LogP contribution in [0.4, 0.5) is 0 Å². The van der Waals surface area contributed by atoms with Gasteiger partial charge in [0.05, 0.1) is 11.2 Å². The Morgan fingerprint density at radius 1 is 0.565 bits per heavy atom. The second-order valence-electron chi connectivity index (χ2n) is 13.7. The number of benzene rings is 5. The molecule has 1 aliphatic heterocycles. The third-order valence-electron chi connectivity index (χ3n) is 9.88. The van der Waals surface area contributed by atoms with Crippen molar-refractivity contribution in [1.82, 2.24) is 0 Å². The van der Waals surface area contributed by atoms with Gasteiger partial charge in [-0.05, 0) is 107 Å². The van der Waals surface area contributed by atoms with Gasteiger partial charge in [0.2, 0.25) is 0 Å². The maximum absolute atomic E-state index is 6.40. The molecule has 2 nitrogen and oxygen atoms in total. The smallest absolute Gasteiger partial charge is 0.399 e. The molecule has 0 spiro atoms. The van der Waals surface area contributed by atoms with Crippen LogP contribution in [0, 0.1) is 5.92 Å². The van der Waals surface area contributed by atoms with Crippen molar-refractivity contribution < 1.29 is 9.31 Å². The van der Waals surface area contributed by atoms with E-state index in [-0.39, 0.29) is 11.2 Å². The van der Waals surface area contributed by atoms with Gasteiger partial charge in [0, 0.05) is 0 Å². The minimum Gasteiger partial charge on any atom is -0.399 e. The molecule has 1 aliphatic carbocycles. The van der Waals surface area contributed by atoms with Crippen molar-refractivity contribution in [3.8, 4) is 44.5 Å². The molecule has 46 heavy (non-hydrogen) atoms. The molecule has 7 rings (SSSR count). The molecule has 228 valence electrons. The zero-order valence-electron chi connectivity index (χ0n) is 27.5. The van der Waals surface area contributed by atoms with E-state index >= 15 is 0 Å². The first kappa shape index (κ1) is 30.2. The number of allylic oxidation sites excluding steroid dienone is 4. The van der Waals surface area contributed by atoms with Crippen LogP contribution in [-0.4, -0.2) is 18.3 Å². The summed E-state index contributed by atoms with van der Waals surface area (Å²) in [4.78, 5) is 0. The third-order valence-corrected chi connectivity index (χ3v) is 9.88. The van der Waals surface area contributed by atoms with Gasteiger partial charge in [-0.3, -0.25) is 0 Å². The highest BCUT2D eigenvalue weighted by Gasteiger charge is 2.51. The molecule has 0 saturated carbocycles. The average Bonchev–Trinajstić information content (AvgIpc) is 3.31. The van der Waals surface area contributed by atoms with E-state index in [1.165, 1.54) is 50.1 Å². The van der Waals surface area contributed by atoms with Crippen LogP contribution in [0.2, 0.25) is 0 Å². The Labute approximate surface area is 274 Å². The molecule has 1 heterocycles. The van der Waals surface area contributed by atoms with E-state index in [0.29, 0.717) is 5.92 Å². The van der Waals surface area contributed by atoms with Gasteiger partial charge >= 0.3 is 7.12 Å². The molecule has 1 atom stereocenters. The zero-order valence-corrected chi connectivity index (χ0v) is 27.5. The molecule has 0 N–H and O–H groups in total. The van der Waals surface area contributed by atoms with Gasteiger partial charge in [-0.2, -0.15) is 0 Å². The molecule has 5 aromatic carbocycles. The van der Waals surface area contributed by atoms with Crippen molar-refractivity contribution >= 4 is 18.2 Å². The molecule has 1 fully saturated rings. The Kier molecular flexibility index (Phi) is 7.93. The third kappa shape index (κ3) is 5.59. The van der Waals surface area contributed by atoms with Crippen LogP contribution in [0.5, 0.6) is 0 Å². The number of rotatable bonds is 6. The summed E-state index contributed by atoms with van der Waals surface area (Å²) in [6.45, 7) is 10.7. The summed E-state index contributed by atoms with van der Waals surface area (Å²) < 4.78 is 12.8. The van der Waals surface area contributed by atoms with E-state index in [0.717, 1.165) is 17.4 Å². The lowest BCUT2D eigenvalue weighted by Crippen LogP contribution is -2.41. The maximum Gasteiger partial charge on any atom is 0.494 e. The first-order valence-corrected chi connectivity index (χ1v) is 16.4. The van der Waals surface area contributed by atoms with E-state index in [1.807, 2.05) is 0 Å². The summed E-state index contributed by atoms with van der Waals surface area (Å²) in [6, 6.07) is 43.9. The highest BCUT2D eigenvalue weighted by Crippen LogP contribution is 2.50. The molecular weight excluding hydrogens is 559 g/mol. The van der Waals surface area contributed by atoms with Crippen molar-refractivity contribution in [2.24, 2.45) is 5.92 Å². The van der Waals surface area contributed by atoms with Crippen molar-refractivity contribution in [3.05, 3.63) is 145 Å². The molecule has 0 bridgehead atoms. The molecule has 1 saturated heterocycles. The van der Waals surface area contributed by atoms with Gasteiger partial charge in [0.25, 0.3) is 0 Å². The Hall–Kier alpha value is -4.44. The Morgan fingerprint density at radius 3 is 1.50 bits per heavy atom. The lowest BCUT2D eigenvalue weighted by atomic mass is 9.75. The van der Waals surface area contributed by atoms with Crippen LogP contribution in [0.25, 0.3) is 50.1 Å². The summed E-state index contributed by atoms with van der Waals surface area (Å²) in [5.41, 5.74) is 12.7. The average molecular weight is 601 g/mol. The first-order valence-electron chi connectivity index (χ1n) is 16.4. The lowest BCUT2D eigenvalue weighted by Gasteiger charge is -2.32. The fourth-order valence-corrected chi connectivity index (χ4v) is 6.72. The van der Waals surface area contributed by atoms with Crippen LogP contribution >= 0.6 is 0 Å². The van der Waals surface area contributed by atoms with Gasteiger partial charge in [-0.1, -0.05) is 140 Å². The zero-order chi connectivity index (χ0) is 31.9. The number of hydrogen-bond donors (Lipinski definition) is 0. The van der Waals surface area contributed by atoms with E-state index < -0.39 is 7.12 Å². The summed E-state index contributed by atoms with van der Waals surface area (Å²) in [7, 11) is -0.399. The van der Waals surface area contributed by atoms with Gasteiger partial charge in [-0.15, -0.1) is 0 Å². The van der Waals surface area contributed by atoms with Crippen molar-refractivity contribution in [2.75, 3.05) is 0 Å². The predicted octanol–water partition coefficient (Wildman–Crippen LogP) is 10.6. The van der Waals surface area contributed by atoms with E-state index in [1.54, 1.807) is 0 Å². The maximum atomic E-state index is 6.40. The summed E-state index contributed by atoms with van der Waals surface area (Å²) in [5.74, 6) is 0.454. The molecule has 0 amide bonds. The van der Waals surface area contributed by atoms with E-state index in [9.17, 15) is 0 Å². The topological polar surface area (TPSA) is 18.5 Å². The summed E-state index contributed by atoms with van der Waals surface area (Å²) in [6.07, 6.45) is 7.86. The first-order chi connectivity index (χ1) is 22.2. The van der Waals surface area contributed by atoms with Gasteiger partial charge in [0.15, 0.2) is 0 Å². The van der Waals surface area contributed by atoms with E-state index in [4.69, 9.17) is 9.31 Å². The minimum absolute atomic E-state index is 0.386. The van der Waals surface area contributed by atoms with Crippen molar-refractivity contribution in [3.63, 3.8) is 0 Å². The second kappa shape index (κ2) is 12.1. The lowest BCUT2D eigenvalue weighted by molar-refractivity contribution is 0.00578. The monoisotopic (exact) mass is 600 g/mol. The van der Waals surface area contributed by atoms with Crippen LogP contribution in [-0.2, 0) is 9.31 Å². The Bertz CT molecular complexity index is 1890. The van der Waals surface area contributed by atoms with Gasteiger partial charge in [-0.25, -0.2) is 0 Å². The second-order valence-corrected chi connectivity index (χ2v) is 13.7. The summed E-state index contributed by atoms with van der Waals surface area (Å²) >= 11 is 0. The van der Waals surface area contributed by atoms with Crippen LogP contribution in [0.15, 0.2) is 140 Å². The predicted molar refractivity (Wildman–Crippen MR) is 195 cm³/mol. The van der Waals surface area contributed by atoms with Gasteiger partial charge < -0.3 is 9.31 Å². The van der Waals surface area contributed by atoms with Gasteiger partial charge in [0.1, 0.15) is 0 Å². The number of hydrogen-bond acceptors (Lipinski definition) is 2. The SMILES string of the molecule is CC1C=CC=C(c2c(-c3ccccc3)c(-c3ccccc3)cc(-c3ccc(B4OC(C)(C)C(C)(C)O4)cc3)c2-c2ccccc2)C1. The fraction of sp³-hybridized carbons (Fsp3) is 0.209. The van der Waals surface area contributed by atoms with Crippen LogP contribution in [0.3, 0.4) is 0 Å². The standard InChI is InChI=1S/C43H41BO2/c1-30-16-15-23-35(28-30)41-39(33-19-11-7-12-20-33)37(31-17-9-6-10-18-31)29-38(40(41)34-21-13-8-14-22-34)32-24-26-36(27-25-32)44-45-42(2,3)43(4,5)46-44/h6-27,29-30H,28H2,1-5H3. The minimum atomic E-state index is -0.399. The molecule has 1 unspecified atom stereocenters. The van der Waals surface area contributed by atoms with E-state index in [2.05, 4.69) is 174 Å². The Balaban J connectivity index is 1.52. The Morgan fingerprint density at radius 2 is 1.02 bits per heavy atom. The molecular formula is C43H41BO2. The van der Waals surface area contributed by atoms with Crippen LogP contribution in [0.1, 0.15) is 46.6 Å². The van der Waals surface area contributed by atoms with Crippen molar-refractivity contribution in [2.45, 2.75) is 52.2 Å². The fourth-order valence-electron chi connectivity index (χ4n) is 6.72. The molecule has 3 heteroatoms. The molecule has 0 radical (unpaired) electrons. The largest absolute Gasteiger partial charge is 0.494 e. The highest BCUT2D eigenvalue weighted by atomic mass is 16.7. The summed E-state index contributed by atoms with van der Waals surface area (Å²) in [5, 5.41) is 0. The quantitative estimate of drug-likeness (QED) is 0.181. The molecule has 2 aliphatic rings. The van der Waals surface area contributed by atoms with Crippen LogP contribution < -0.4 is 5.46 Å². The van der Waals surface area contributed by atoms with Crippen molar-refractivity contribution in [1.29, 1.82) is 0 Å². The normalized spacial score (nSPS) is 18.4. The highest BCUT2D eigenvalue weighted by molar-refractivity contribution is 6.62. The molecule has 5 aromatic rings. The molecule has 0 aromatic heterocycles.